The van der Waals surface area contributed by atoms with Gasteiger partial charge in [-0.1, -0.05) is 19.1 Å². The molecule has 2 amide bonds. The molecular formula is C21H25N3O4S2. The average Bonchev–Trinajstić information content (AvgIpc) is 2.74. The first-order valence-corrected chi connectivity index (χ1v) is 12.3. The van der Waals surface area contributed by atoms with Crippen LogP contribution in [0.2, 0.25) is 0 Å². The SMILES string of the molecule is CCSc1ccccc1C(=O)N1CCC(C(=O)Nc2ccc(S(N)(=O)=O)cc2)CC1. The second kappa shape index (κ2) is 9.63. The highest BCUT2D eigenvalue weighted by molar-refractivity contribution is 7.99. The minimum absolute atomic E-state index is 0.00370. The molecule has 1 fully saturated rings. The van der Waals surface area contributed by atoms with E-state index in [1.165, 1.54) is 24.3 Å². The van der Waals surface area contributed by atoms with Gasteiger partial charge < -0.3 is 10.2 Å². The van der Waals surface area contributed by atoms with Gasteiger partial charge in [0.15, 0.2) is 0 Å². The summed E-state index contributed by atoms with van der Waals surface area (Å²) in [5.74, 6) is 0.564. The van der Waals surface area contributed by atoms with E-state index in [0.717, 1.165) is 10.6 Å². The normalized spacial score (nSPS) is 15.1. The Kier molecular flexibility index (Phi) is 7.17. The van der Waals surface area contributed by atoms with Crippen LogP contribution in [0.15, 0.2) is 58.3 Å². The smallest absolute Gasteiger partial charge is 0.254 e. The summed E-state index contributed by atoms with van der Waals surface area (Å²) >= 11 is 1.65. The zero-order valence-electron chi connectivity index (χ0n) is 16.7. The predicted molar refractivity (Wildman–Crippen MR) is 118 cm³/mol. The molecule has 2 aromatic rings. The molecule has 1 saturated heterocycles. The maximum atomic E-state index is 12.9. The van der Waals surface area contributed by atoms with Gasteiger partial charge in [0.2, 0.25) is 15.9 Å². The highest BCUT2D eigenvalue weighted by Crippen LogP contribution is 2.26. The number of nitrogens with one attached hydrogen (secondary N) is 1. The van der Waals surface area contributed by atoms with Crippen molar-refractivity contribution in [1.82, 2.24) is 4.90 Å². The Morgan fingerprint density at radius 1 is 1.10 bits per heavy atom. The Bertz CT molecular complexity index is 1010. The number of hydrogen-bond acceptors (Lipinski definition) is 5. The van der Waals surface area contributed by atoms with E-state index in [1.54, 1.807) is 16.7 Å². The van der Waals surface area contributed by atoms with Gasteiger partial charge in [0, 0.05) is 29.6 Å². The minimum Gasteiger partial charge on any atom is -0.339 e. The molecule has 1 aliphatic rings. The summed E-state index contributed by atoms with van der Waals surface area (Å²) in [6.07, 6.45) is 1.16. The Labute approximate surface area is 181 Å². The van der Waals surface area contributed by atoms with Gasteiger partial charge in [-0.05, 0) is 55.0 Å². The van der Waals surface area contributed by atoms with Crippen LogP contribution in [0.4, 0.5) is 5.69 Å². The number of nitrogens with two attached hydrogens (primary N) is 1. The molecule has 0 saturated carbocycles. The number of piperidine rings is 1. The standard InChI is InChI=1S/C21H25N3O4S2/c1-2-29-19-6-4-3-5-18(19)21(26)24-13-11-15(12-14-24)20(25)23-16-7-9-17(10-8-16)30(22,27)28/h3-10,15H,2,11-14H2,1H3,(H,23,25)(H2,22,27,28). The Balaban J connectivity index is 1.57. The van der Waals surface area contributed by atoms with Crippen LogP contribution in [0.1, 0.15) is 30.1 Å². The number of hydrogen-bond donors (Lipinski definition) is 2. The van der Waals surface area contributed by atoms with E-state index in [1.807, 2.05) is 24.3 Å². The molecule has 3 rings (SSSR count). The fourth-order valence-electron chi connectivity index (χ4n) is 3.41. The molecule has 2 aromatic carbocycles. The van der Waals surface area contributed by atoms with Crippen molar-refractivity contribution in [2.24, 2.45) is 11.1 Å². The molecule has 3 N–H and O–H groups in total. The van der Waals surface area contributed by atoms with Crippen LogP contribution in [0.5, 0.6) is 0 Å². The molecule has 0 bridgehead atoms. The summed E-state index contributed by atoms with van der Waals surface area (Å²) in [5, 5.41) is 7.89. The third-order valence-electron chi connectivity index (χ3n) is 5.02. The summed E-state index contributed by atoms with van der Waals surface area (Å²) in [7, 11) is -3.76. The Hall–Kier alpha value is -2.36. The molecule has 0 spiro atoms. The van der Waals surface area contributed by atoms with Crippen molar-refractivity contribution >= 4 is 39.3 Å². The summed E-state index contributed by atoms with van der Waals surface area (Å²) in [4.78, 5) is 28.3. The molecule has 0 atom stereocenters. The van der Waals surface area contributed by atoms with E-state index in [2.05, 4.69) is 12.2 Å². The van der Waals surface area contributed by atoms with Crippen LogP contribution in [0.3, 0.4) is 0 Å². The lowest BCUT2D eigenvalue weighted by Crippen LogP contribution is -2.41. The van der Waals surface area contributed by atoms with Crippen LogP contribution in [-0.2, 0) is 14.8 Å². The predicted octanol–water partition coefficient (Wildman–Crippen LogP) is 2.94. The number of sulfonamides is 1. The van der Waals surface area contributed by atoms with E-state index in [0.29, 0.717) is 37.2 Å². The number of amides is 2. The van der Waals surface area contributed by atoms with Crippen molar-refractivity contribution in [2.45, 2.75) is 29.6 Å². The quantitative estimate of drug-likeness (QED) is 0.662. The van der Waals surface area contributed by atoms with Gasteiger partial charge >= 0.3 is 0 Å². The van der Waals surface area contributed by atoms with Crippen molar-refractivity contribution < 1.29 is 18.0 Å². The van der Waals surface area contributed by atoms with Crippen molar-refractivity contribution in [3.05, 3.63) is 54.1 Å². The first kappa shape index (κ1) is 22.3. The molecule has 7 nitrogen and oxygen atoms in total. The van der Waals surface area contributed by atoms with Crippen LogP contribution >= 0.6 is 11.8 Å². The third kappa shape index (κ3) is 5.41. The molecule has 30 heavy (non-hydrogen) atoms. The van der Waals surface area contributed by atoms with Crippen LogP contribution in [-0.4, -0.2) is 44.0 Å². The number of benzene rings is 2. The van der Waals surface area contributed by atoms with Crippen LogP contribution < -0.4 is 10.5 Å². The lowest BCUT2D eigenvalue weighted by molar-refractivity contribution is -0.121. The maximum Gasteiger partial charge on any atom is 0.254 e. The number of carbonyl (C=O) groups excluding carboxylic acids is 2. The Morgan fingerprint density at radius 3 is 2.33 bits per heavy atom. The Morgan fingerprint density at radius 2 is 1.73 bits per heavy atom. The second-order valence-electron chi connectivity index (χ2n) is 7.05. The van der Waals surface area contributed by atoms with Crippen molar-refractivity contribution in [3.63, 3.8) is 0 Å². The average molecular weight is 448 g/mol. The topological polar surface area (TPSA) is 110 Å². The van der Waals surface area contributed by atoms with Crippen molar-refractivity contribution in [3.8, 4) is 0 Å². The van der Waals surface area contributed by atoms with E-state index in [9.17, 15) is 18.0 Å². The molecule has 9 heteroatoms. The molecule has 160 valence electrons. The van der Waals surface area contributed by atoms with Crippen LogP contribution in [0, 0.1) is 5.92 Å². The van der Waals surface area contributed by atoms with Gasteiger partial charge in [-0.15, -0.1) is 11.8 Å². The first-order chi connectivity index (χ1) is 14.3. The summed E-state index contributed by atoms with van der Waals surface area (Å²) < 4.78 is 22.6. The number of nitrogens with zero attached hydrogens (tertiary/aromatic N) is 1. The first-order valence-electron chi connectivity index (χ1n) is 9.74. The second-order valence-corrected chi connectivity index (χ2v) is 9.92. The summed E-state index contributed by atoms with van der Waals surface area (Å²) in [5.41, 5.74) is 1.22. The molecule has 0 aliphatic carbocycles. The number of thioether (sulfide) groups is 1. The number of likely N-dealkylation sites (tertiary alicyclic amines) is 1. The fraction of sp³-hybridized carbons (Fsp3) is 0.333. The summed E-state index contributed by atoms with van der Waals surface area (Å²) in [6, 6.07) is 13.4. The number of primary sulfonamides is 1. The molecule has 0 radical (unpaired) electrons. The van der Waals surface area contributed by atoms with Crippen molar-refractivity contribution in [1.29, 1.82) is 0 Å². The van der Waals surface area contributed by atoms with Gasteiger partial charge in [0.05, 0.1) is 10.5 Å². The lowest BCUT2D eigenvalue weighted by Gasteiger charge is -2.31. The monoisotopic (exact) mass is 447 g/mol. The van der Waals surface area contributed by atoms with E-state index in [4.69, 9.17) is 5.14 Å². The highest BCUT2D eigenvalue weighted by atomic mass is 32.2. The number of carbonyl (C=O) groups is 2. The van der Waals surface area contributed by atoms with E-state index >= 15 is 0 Å². The van der Waals surface area contributed by atoms with Gasteiger partial charge in [-0.25, -0.2) is 13.6 Å². The minimum atomic E-state index is -3.76. The number of anilines is 1. The molecular weight excluding hydrogens is 422 g/mol. The molecule has 1 heterocycles. The van der Waals surface area contributed by atoms with Crippen LogP contribution in [0.25, 0.3) is 0 Å². The number of rotatable bonds is 6. The fourth-order valence-corrected chi connectivity index (χ4v) is 4.72. The molecule has 0 aromatic heterocycles. The highest BCUT2D eigenvalue weighted by Gasteiger charge is 2.28. The summed E-state index contributed by atoms with van der Waals surface area (Å²) in [6.45, 7) is 3.09. The van der Waals surface area contributed by atoms with Gasteiger partial charge in [0.25, 0.3) is 5.91 Å². The molecule has 0 unspecified atom stereocenters. The van der Waals surface area contributed by atoms with E-state index < -0.39 is 10.0 Å². The van der Waals surface area contributed by atoms with Gasteiger partial charge in [-0.3, -0.25) is 9.59 Å². The third-order valence-corrected chi connectivity index (χ3v) is 6.91. The van der Waals surface area contributed by atoms with Crippen molar-refractivity contribution in [2.75, 3.05) is 24.2 Å². The largest absolute Gasteiger partial charge is 0.339 e. The lowest BCUT2D eigenvalue weighted by atomic mass is 9.95. The zero-order chi connectivity index (χ0) is 21.7. The molecule has 1 aliphatic heterocycles. The maximum absolute atomic E-state index is 12.9. The van der Waals surface area contributed by atoms with E-state index in [-0.39, 0.29) is 22.6 Å². The van der Waals surface area contributed by atoms with Gasteiger partial charge in [0.1, 0.15) is 0 Å². The van der Waals surface area contributed by atoms with Gasteiger partial charge in [-0.2, -0.15) is 0 Å². The zero-order valence-corrected chi connectivity index (χ0v) is 18.3.